The van der Waals surface area contributed by atoms with Crippen LogP contribution in [0.4, 0.5) is 0 Å². The van der Waals surface area contributed by atoms with E-state index in [9.17, 15) is 4.79 Å². The first-order valence-electron chi connectivity index (χ1n) is 5.89. The van der Waals surface area contributed by atoms with Crippen LogP contribution in [-0.2, 0) is 4.79 Å². The highest BCUT2D eigenvalue weighted by Crippen LogP contribution is 2.20. The van der Waals surface area contributed by atoms with Crippen molar-refractivity contribution >= 4 is 28.4 Å². The molecule has 0 saturated heterocycles. The first-order chi connectivity index (χ1) is 7.13. The zero-order chi connectivity index (χ0) is 12.8. The molecule has 0 unspecified atom stereocenters. The molecule has 0 spiro atoms. The number of unbranched alkanes of at least 4 members (excludes halogenated alkanes) is 2. The summed E-state index contributed by atoms with van der Waals surface area (Å²) in [6.07, 6.45) is 3.84. The summed E-state index contributed by atoms with van der Waals surface area (Å²) in [5.74, 6) is 0.347. The van der Waals surface area contributed by atoms with Crippen molar-refractivity contribution in [1.29, 1.82) is 0 Å². The summed E-state index contributed by atoms with van der Waals surface area (Å²) < 4.78 is -0.213. The maximum Gasteiger partial charge on any atom is 0.148 e. The van der Waals surface area contributed by atoms with Gasteiger partial charge < -0.3 is 5.73 Å². The summed E-state index contributed by atoms with van der Waals surface area (Å²) in [4.78, 5) is 11.6. The molecule has 96 valence electrons. The Labute approximate surface area is 113 Å². The third kappa shape index (κ3) is 9.54. The Morgan fingerprint density at radius 3 is 2.19 bits per heavy atom. The normalized spacial score (nSPS) is 12.9. The predicted octanol–water partition coefficient (Wildman–Crippen LogP) is 2.61. The number of halogens is 1. The topological polar surface area (TPSA) is 55.1 Å². The van der Waals surface area contributed by atoms with Crippen LogP contribution in [0.15, 0.2) is 0 Å². The van der Waals surface area contributed by atoms with Gasteiger partial charge in [0.05, 0.1) is 9.08 Å². The minimum absolute atomic E-state index is 0.213. The number of rotatable bonds is 8. The lowest BCUT2D eigenvalue weighted by atomic mass is 10.0. The van der Waals surface area contributed by atoms with Crippen LogP contribution in [0, 0.1) is 0 Å². The molecular weight excluding hydrogens is 315 g/mol. The summed E-state index contributed by atoms with van der Waals surface area (Å²) in [6, 6.07) is 0. The van der Waals surface area contributed by atoms with Crippen LogP contribution in [0.1, 0.15) is 53.4 Å². The van der Waals surface area contributed by atoms with E-state index in [1.54, 1.807) is 0 Å². The quantitative estimate of drug-likeness (QED) is 0.309. The van der Waals surface area contributed by atoms with Gasteiger partial charge in [0.2, 0.25) is 0 Å². The average Bonchev–Trinajstić information content (AvgIpc) is 2.07. The van der Waals surface area contributed by atoms with Crippen LogP contribution in [0.2, 0.25) is 0 Å². The number of alkyl halides is 1. The fourth-order valence-corrected chi connectivity index (χ4v) is 1.56. The Bertz CT molecular complexity index is 216. The highest BCUT2D eigenvalue weighted by molar-refractivity contribution is 14.1. The van der Waals surface area contributed by atoms with Crippen molar-refractivity contribution < 1.29 is 4.79 Å². The summed E-state index contributed by atoms with van der Waals surface area (Å²) in [7, 11) is 0. The van der Waals surface area contributed by atoms with E-state index in [2.05, 4.69) is 27.9 Å². The summed E-state index contributed by atoms with van der Waals surface area (Å²) >= 11 is 2.20. The van der Waals surface area contributed by atoms with Crippen molar-refractivity contribution in [3.63, 3.8) is 0 Å². The molecule has 0 rings (SSSR count). The molecular formula is C12H25IN2O. The molecule has 0 atom stereocenters. The first kappa shape index (κ1) is 16.3. The molecule has 0 fully saturated rings. The van der Waals surface area contributed by atoms with Crippen molar-refractivity contribution in [3.05, 3.63) is 0 Å². The van der Waals surface area contributed by atoms with Crippen LogP contribution in [0.5, 0.6) is 0 Å². The van der Waals surface area contributed by atoms with Crippen molar-refractivity contribution in [1.82, 2.24) is 5.32 Å². The van der Waals surface area contributed by atoms with Gasteiger partial charge in [-0.2, -0.15) is 0 Å². The van der Waals surface area contributed by atoms with Gasteiger partial charge in [0.15, 0.2) is 0 Å². The first-order valence-corrected chi connectivity index (χ1v) is 6.97. The Kier molecular flexibility index (Phi) is 7.05. The van der Waals surface area contributed by atoms with E-state index in [1.807, 2.05) is 27.7 Å². The van der Waals surface area contributed by atoms with E-state index in [0.717, 1.165) is 25.8 Å². The van der Waals surface area contributed by atoms with E-state index in [1.165, 1.54) is 0 Å². The molecule has 0 bridgehead atoms. The number of ketones is 1. The van der Waals surface area contributed by atoms with Gasteiger partial charge >= 0.3 is 0 Å². The van der Waals surface area contributed by atoms with Crippen molar-refractivity contribution in [2.45, 2.75) is 62.5 Å². The lowest BCUT2D eigenvalue weighted by Gasteiger charge is -2.20. The number of carbonyl (C=O) groups is 1. The van der Waals surface area contributed by atoms with Gasteiger partial charge in [0.25, 0.3) is 0 Å². The molecule has 0 aromatic carbocycles. The van der Waals surface area contributed by atoms with Crippen LogP contribution < -0.4 is 11.1 Å². The summed E-state index contributed by atoms with van der Waals surface area (Å²) in [5.41, 5.74) is 5.50. The van der Waals surface area contributed by atoms with E-state index < -0.39 is 0 Å². The van der Waals surface area contributed by atoms with Gasteiger partial charge in [-0.3, -0.25) is 10.1 Å². The highest BCUT2D eigenvalue weighted by atomic mass is 127. The Hall–Kier alpha value is 0.320. The number of hydrogen-bond acceptors (Lipinski definition) is 3. The van der Waals surface area contributed by atoms with Gasteiger partial charge in [-0.25, -0.2) is 0 Å². The number of Topliss-reactive ketones (excluding diaryl/α,β-unsaturated/α-hetero) is 1. The number of nitrogens with one attached hydrogen (secondary N) is 1. The molecule has 0 heterocycles. The standard InChI is InChI=1S/C12H25IN2O/c1-11(2,13)10(16)8-6-5-7-9-15-12(3,4)14/h15H,5-9,14H2,1-4H3. The molecule has 0 aliphatic carbocycles. The third-order valence-electron chi connectivity index (χ3n) is 2.32. The minimum Gasteiger partial charge on any atom is -0.314 e. The van der Waals surface area contributed by atoms with Crippen LogP contribution >= 0.6 is 22.6 Å². The van der Waals surface area contributed by atoms with Crippen LogP contribution in [0.3, 0.4) is 0 Å². The van der Waals surface area contributed by atoms with Crippen molar-refractivity contribution in [3.8, 4) is 0 Å². The van der Waals surface area contributed by atoms with Gasteiger partial charge in [-0.05, 0) is 47.1 Å². The molecule has 3 N–H and O–H groups in total. The van der Waals surface area contributed by atoms with E-state index in [-0.39, 0.29) is 9.08 Å². The molecule has 0 aliphatic heterocycles. The third-order valence-corrected chi connectivity index (χ3v) is 2.93. The average molecular weight is 340 g/mol. The largest absolute Gasteiger partial charge is 0.314 e. The lowest BCUT2D eigenvalue weighted by molar-refractivity contribution is -0.120. The second kappa shape index (κ2) is 6.91. The Morgan fingerprint density at radius 2 is 1.75 bits per heavy atom. The molecule has 0 amide bonds. The second-order valence-corrected chi connectivity index (χ2v) is 8.05. The lowest BCUT2D eigenvalue weighted by Crippen LogP contribution is -2.48. The molecule has 0 saturated carbocycles. The number of nitrogens with two attached hydrogens (primary N) is 1. The fraction of sp³-hybridized carbons (Fsp3) is 0.917. The van der Waals surface area contributed by atoms with Crippen LogP contribution in [-0.4, -0.2) is 21.4 Å². The zero-order valence-corrected chi connectivity index (χ0v) is 13.1. The summed E-state index contributed by atoms with van der Waals surface area (Å²) in [6.45, 7) is 8.76. The summed E-state index contributed by atoms with van der Waals surface area (Å²) in [5, 5.41) is 3.23. The van der Waals surface area contributed by atoms with E-state index in [4.69, 9.17) is 5.73 Å². The predicted molar refractivity (Wildman–Crippen MR) is 77.8 cm³/mol. The smallest absolute Gasteiger partial charge is 0.148 e. The van der Waals surface area contributed by atoms with E-state index >= 15 is 0 Å². The minimum atomic E-state index is -0.292. The Balaban J connectivity index is 3.45. The number of carbonyl (C=O) groups excluding carboxylic acids is 1. The maximum absolute atomic E-state index is 11.6. The zero-order valence-electron chi connectivity index (χ0n) is 10.9. The molecule has 0 radical (unpaired) electrons. The van der Waals surface area contributed by atoms with Gasteiger partial charge in [-0.1, -0.05) is 29.0 Å². The SMILES string of the molecule is CC(C)(N)NCCCCCC(=O)C(C)(C)I. The molecule has 4 heteroatoms. The van der Waals surface area contributed by atoms with Gasteiger partial charge in [0, 0.05) is 6.42 Å². The fourth-order valence-electron chi connectivity index (χ4n) is 1.30. The molecule has 0 aromatic heterocycles. The van der Waals surface area contributed by atoms with Crippen molar-refractivity contribution in [2.24, 2.45) is 5.73 Å². The molecule has 0 aromatic rings. The molecule has 16 heavy (non-hydrogen) atoms. The Morgan fingerprint density at radius 1 is 1.19 bits per heavy atom. The second-order valence-electron chi connectivity index (χ2n) is 5.35. The van der Waals surface area contributed by atoms with Gasteiger partial charge in [0.1, 0.15) is 5.78 Å². The van der Waals surface area contributed by atoms with Crippen molar-refractivity contribution in [2.75, 3.05) is 6.54 Å². The molecule has 0 aliphatic rings. The molecule has 3 nitrogen and oxygen atoms in total. The highest BCUT2D eigenvalue weighted by Gasteiger charge is 2.22. The number of hydrogen-bond donors (Lipinski definition) is 2. The van der Waals surface area contributed by atoms with Gasteiger partial charge in [-0.15, -0.1) is 0 Å². The maximum atomic E-state index is 11.6. The van der Waals surface area contributed by atoms with Crippen LogP contribution in [0.25, 0.3) is 0 Å². The monoisotopic (exact) mass is 340 g/mol. The van der Waals surface area contributed by atoms with E-state index in [0.29, 0.717) is 12.2 Å².